The monoisotopic (exact) mass is 439 g/mol. The summed E-state index contributed by atoms with van der Waals surface area (Å²) in [6.45, 7) is 0.141. The summed E-state index contributed by atoms with van der Waals surface area (Å²) >= 11 is 6.82. The highest BCUT2D eigenvalue weighted by Crippen LogP contribution is 2.34. The second kappa shape index (κ2) is 8.22. The van der Waals surface area contributed by atoms with Crippen LogP contribution in [0.3, 0.4) is 0 Å². The molecule has 1 aliphatic heterocycles. The molecule has 1 N–H and O–H groups in total. The van der Waals surface area contributed by atoms with E-state index in [0.717, 1.165) is 22.2 Å². The molecule has 1 fully saturated rings. The Labute approximate surface area is 180 Å². The van der Waals surface area contributed by atoms with Crippen LogP contribution >= 0.6 is 23.4 Å². The second-order valence-corrected chi connectivity index (χ2v) is 7.91. The summed E-state index contributed by atoms with van der Waals surface area (Å²) < 4.78 is 5.75. The number of halogens is 1. The molecular weight excluding hydrogens is 426 g/mol. The zero-order valence-corrected chi connectivity index (χ0v) is 16.9. The molecule has 2 amide bonds. The first-order chi connectivity index (χ1) is 14.4. The van der Waals surface area contributed by atoms with E-state index in [2.05, 4.69) is 0 Å². The Morgan fingerprint density at radius 1 is 1.10 bits per heavy atom. The smallest absolute Gasteiger partial charge is 0.335 e. The lowest BCUT2D eigenvalue weighted by molar-refractivity contribution is -0.123. The summed E-state index contributed by atoms with van der Waals surface area (Å²) in [4.78, 5) is 37.4. The van der Waals surface area contributed by atoms with Crippen LogP contribution in [0.4, 0.5) is 4.79 Å². The van der Waals surface area contributed by atoms with Gasteiger partial charge >= 0.3 is 5.97 Å². The van der Waals surface area contributed by atoms with Crippen LogP contribution in [0.1, 0.15) is 21.7 Å². The summed E-state index contributed by atoms with van der Waals surface area (Å²) in [5.74, 6) is -0.458. The Hall–Kier alpha value is -3.29. The fourth-order valence-electron chi connectivity index (χ4n) is 2.95. The van der Waals surface area contributed by atoms with Crippen molar-refractivity contribution in [2.75, 3.05) is 0 Å². The van der Waals surface area contributed by atoms with E-state index >= 15 is 0 Å². The number of carbonyl (C=O) groups excluding carboxylic acids is 2. The summed E-state index contributed by atoms with van der Waals surface area (Å²) in [7, 11) is 0. The van der Waals surface area contributed by atoms with Crippen molar-refractivity contribution >= 4 is 46.6 Å². The van der Waals surface area contributed by atoms with Gasteiger partial charge < -0.3 is 9.52 Å². The SMILES string of the molecule is O=C(O)c1ccc(-c2ccc(/C=C3\SC(=O)N(Cc4cccc(Cl)c4)C3=O)o2)cc1. The van der Waals surface area contributed by atoms with Crippen molar-refractivity contribution in [3.05, 3.63) is 87.5 Å². The van der Waals surface area contributed by atoms with E-state index < -0.39 is 11.9 Å². The molecule has 6 nitrogen and oxygen atoms in total. The molecule has 0 spiro atoms. The summed E-state index contributed by atoms with van der Waals surface area (Å²) in [5, 5.41) is 9.16. The van der Waals surface area contributed by atoms with Crippen molar-refractivity contribution in [1.82, 2.24) is 4.90 Å². The molecule has 2 heterocycles. The van der Waals surface area contributed by atoms with Gasteiger partial charge in [-0.25, -0.2) is 4.79 Å². The number of carboxylic acid groups (broad SMARTS) is 1. The van der Waals surface area contributed by atoms with Crippen molar-refractivity contribution in [2.24, 2.45) is 0 Å². The average molecular weight is 440 g/mol. The Kier molecular flexibility index (Phi) is 5.48. The highest BCUT2D eigenvalue weighted by molar-refractivity contribution is 8.18. The van der Waals surface area contributed by atoms with Crippen molar-refractivity contribution in [3.63, 3.8) is 0 Å². The van der Waals surface area contributed by atoms with Gasteiger partial charge in [-0.15, -0.1) is 0 Å². The first-order valence-corrected chi connectivity index (χ1v) is 10.0. The van der Waals surface area contributed by atoms with Gasteiger partial charge in [-0.05, 0) is 53.7 Å². The number of amides is 2. The molecule has 1 aliphatic rings. The van der Waals surface area contributed by atoms with Gasteiger partial charge in [0.25, 0.3) is 11.1 Å². The minimum absolute atomic E-state index is 0.141. The van der Waals surface area contributed by atoms with Gasteiger partial charge in [-0.1, -0.05) is 35.9 Å². The molecule has 8 heteroatoms. The third kappa shape index (κ3) is 4.17. The predicted octanol–water partition coefficient (Wildman–Crippen LogP) is 5.53. The van der Waals surface area contributed by atoms with Crippen molar-refractivity contribution in [3.8, 4) is 11.3 Å². The predicted molar refractivity (Wildman–Crippen MR) is 114 cm³/mol. The van der Waals surface area contributed by atoms with E-state index in [0.29, 0.717) is 22.1 Å². The molecule has 3 aromatic rings. The molecule has 30 heavy (non-hydrogen) atoms. The first kappa shape index (κ1) is 20.0. The first-order valence-electron chi connectivity index (χ1n) is 8.84. The van der Waals surface area contributed by atoms with E-state index in [9.17, 15) is 14.4 Å². The van der Waals surface area contributed by atoms with Crippen LogP contribution in [0.15, 0.2) is 70.0 Å². The number of rotatable bonds is 5. The number of carbonyl (C=O) groups is 3. The normalized spacial score (nSPS) is 15.2. The quantitative estimate of drug-likeness (QED) is 0.525. The second-order valence-electron chi connectivity index (χ2n) is 6.48. The molecule has 0 saturated carbocycles. The number of imide groups is 1. The van der Waals surface area contributed by atoms with Crippen molar-refractivity contribution in [2.45, 2.75) is 6.54 Å². The lowest BCUT2D eigenvalue weighted by Crippen LogP contribution is -2.27. The number of thioether (sulfide) groups is 1. The number of carboxylic acids is 1. The van der Waals surface area contributed by atoms with Gasteiger partial charge in [0.1, 0.15) is 11.5 Å². The molecule has 2 aromatic carbocycles. The lowest BCUT2D eigenvalue weighted by Gasteiger charge is -2.12. The van der Waals surface area contributed by atoms with Gasteiger partial charge in [0.2, 0.25) is 0 Å². The Morgan fingerprint density at radius 3 is 2.57 bits per heavy atom. The maximum absolute atomic E-state index is 12.7. The van der Waals surface area contributed by atoms with Crippen LogP contribution in [-0.2, 0) is 11.3 Å². The van der Waals surface area contributed by atoms with E-state index in [1.54, 1.807) is 48.5 Å². The topological polar surface area (TPSA) is 87.8 Å². The molecule has 150 valence electrons. The number of hydrogen-bond acceptors (Lipinski definition) is 5. The molecule has 0 atom stereocenters. The standard InChI is InChI=1S/C22H14ClNO5S/c23-16-3-1-2-13(10-16)12-24-20(25)19(30-22(24)28)11-17-8-9-18(29-17)14-4-6-15(7-5-14)21(26)27/h1-11H,12H2,(H,26,27)/b19-11-. The van der Waals surface area contributed by atoms with Crippen LogP contribution in [0.5, 0.6) is 0 Å². The van der Waals surface area contributed by atoms with Gasteiger partial charge in [-0.3, -0.25) is 14.5 Å². The fourth-order valence-corrected chi connectivity index (χ4v) is 3.98. The molecule has 0 radical (unpaired) electrons. The van der Waals surface area contributed by atoms with Crippen LogP contribution in [0, 0.1) is 0 Å². The van der Waals surface area contributed by atoms with E-state index in [1.807, 2.05) is 0 Å². The van der Waals surface area contributed by atoms with E-state index in [4.69, 9.17) is 21.1 Å². The number of aromatic carboxylic acids is 1. The summed E-state index contributed by atoms with van der Waals surface area (Å²) in [5.41, 5.74) is 1.64. The third-order valence-corrected chi connectivity index (χ3v) is 5.56. The molecule has 1 saturated heterocycles. The number of hydrogen-bond donors (Lipinski definition) is 1. The minimum Gasteiger partial charge on any atom is -0.478 e. The molecular formula is C22H14ClNO5S. The maximum atomic E-state index is 12.7. The van der Waals surface area contributed by atoms with E-state index in [-0.39, 0.29) is 22.3 Å². The molecule has 0 unspecified atom stereocenters. The van der Waals surface area contributed by atoms with Gasteiger partial charge in [0.05, 0.1) is 17.0 Å². The number of benzene rings is 2. The van der Waals surface area contributed by atoms with Crippen molar-refractivity contribution < 1.29 is 23.9 Å². The van der Waals surface area contributed by atoms with Crippen LogP contribution in [0.2, 0.25) is 5.02 Å². The fraction of sp³-hybridized carbons (Fsp3) is 0.0455. The van der Waals surface area contributed by atoms with Gasteiger partial charge in [0, 0.05) is 16.7 Å². The Bertz CT molecular complexity index is 1180. The number of furan rings is 1. The molecule has 0 bridgehead atoms. The highest BCUT2D eigenvalue weighted by atomic mass is 35.5. The Balaban J connectivity index is 1.52. The Morgan fingerprint density at radius 2 is 1.87 bits per heavy atom. The largest absolute Gasteiger partial charge is 0.478 e. The minimum atomic E-state index is -1.00. The average Bonchev–Trinajstić information content (AvgIpc) is 3.29. The maximum Gasteiger partial charge on any atom is 0.335 e. The highest BCUT2D eigenvalue weighted by Gasteiger charge is 2.35. The molecule has 4 rings (SSSR count). The van der Waals surface area contributed by atoms with Crippen LogP contribution in [0.25, 0.3) is 17.4 Å². The third-order valence-electron chi connectivity index (χ3n) is 4.42. The van der Waals surface area contributed by atoms with Crippen molar-refractivity contribution in [1.29, 1.82) is 0 Å². The van der Waals surface area contributed by atoms with Gasteiger partial charge in [0.15, 0.2) is 0 Å². The van der Waals surface area contributed by atoms with Crippen LogP contribution in [-0.4, -0.2) is 27.1 Å². The van der Waals surface area contributed by atoms with Crippen LogP contribution < -0.4 is 0 Å². The van der Waals surface area contributed by atoms with Gasteiger partial charge in [-0.2, -0.15) is 0 Å². The lowest BCUT2D eigenvalue weighted by atomic mass is 10.1. The number of nitrogens with zero attached hydrogens (tertiary/aromatic N) is 1. The summed E-state index contributed by atoms with van der Waals surface area (Å²) in [6.07, 6.45) is 1.53. The molecule has 1 aromatic heterocycles. The zero-order valence-electron chi connectivity index (χ0n) is 15.4. The summed E-state index contributed by atoms with van der Waals surface area (Å²) in [6, 6.07) is 16.7. The van der Waals surface area contributed by atoms with E-state index in [1.165, 1.54) is 18.2 Å². The molecule has 0 aliphatic carbocycles. The zero-order chi connectivity index (χ0) is 21.3.